The largest absolute Gasteiger partial charge is 0.462 e. The molecule has 2 aromatic rings. The lowest BCUT2D eigenvalue weighted by Crippen LogP contribution is -2.05. The van der Waals surface area contributed by atoms with Crippen molar-refractivity contribution in [1.29, 1.82) is 5.26 Å². The van der Waals surface area contributed by atoms with Crippen LogP contribution in [0.25, 0.3) is 17.4 Å². The molecule has 0 bridgehead atoms. The zero-order valence-electron chi connectivity index (χ0n) is 11.6. The van der Waals surface area contributed by atoms with Crippen molar-refractivity contribution in [2.24, 2.45) is 0 Å². The maximum absolute atomic E-state index is 11.6. The molecule has 0 saturated heterocycles. The van der Waals surface area contributed by atoms with Gasteiger partial charge < -0.3 is 9.15 Å². The summed E-state index contributed by atoms with van der Waals surface area (Å²) >= 11 is 11.8. The highest BCUT2D eigenvalue weighted by atomic mass is 35.5. The van der Waals surface area contributed by atoms with E-state index in [1.807, 2.05) is 0 Å². The lowest BCUT2D eigenvalue weighted by Gasteiger charge is -2.00. The number of rotatable bonds is 4. The third-order valence-corrected chi connectivity index (χ3v) is 3.47. The van der Waals surface area contributed by atoms with Crippen LogP contribution in [0.5, 0.6) is 0 Å². The van der Waals surface area contributed by atoms with E-state index in [-0.39, 0.29) is 12.2 Å². The molecular formula is C16H11Cl2NO3. The first-order valence-corrected chi connectivity index (χ1v) is 7.15. The zero-order valence-corrected chi connectivity index (χ0v) is 13.1. The molecule has 0 amide bonds. The van der Waals surface area contributed by atoms with Crippen molar-refractivity contribution in [3.8, 4) is 17.4 Å². The summed E-state index contributed by atoms with van der Waals surface area (Å²) in [5.41, 5.74) is 0.612. The molecule has 0 N–H and O–H groups in total. The van der Waals surface area contributed by atoms with Crippen molar-refractivity contribution in [2.45, 2.75) is 6.92 Å². The Kier molecular flexibility index (Phi) is 5.26. The van der Waals surface area contributed by atoms with Gasteiger partial charge in [-0.15, -0.1) is 0 Å². The first-order chi connectivity index (χ1) is 10.5. The van der Waals surface area contributed by atoms with E-state index in [4.69, 9.17) is 37.6 Å². The fourth-order valence-corrected chi connectivity index (χ4v) is 2.02. The third-order valence-electron chi connectivity index (χ3n) is 2.73. The molecule has 0 spiro atoms. The van der Waals surface area contributed by atoms with E-state index in [9.17, 15) is 4.79 Å². The van der Waals surface area contributed by atoms with Crippen LogP contribution < -0.4 is 0 Å². The van der Waals surface area contributed by atoms with E-state index >= 15 is 0 Å². The van der Waals surface area contributed by atoms with Gasteiger partial charge in [0.15, 0.2) is 0 Å². The van der Waals surface area contributed by atoms with Crippen LogP contribution in [0.15, 0.2) is 40.3 Å². The van der Waals surface area contributed by atoms with Crippen LogP contribution in [0.3, 0.4) is 0 Å². The molecule has 6 heteroatoms. The Bertz CT molecular complexity index is 772. The molecule has 0 aliphatic rings. The average Bonchev–Trinajstić information content (AvgIpc) is 2.96. The van der Waals surface area contributed by atoms with E-state index in [2.05, 4.69) is 0 Å². The van der Waals surface area contributed by atoms with E-state index < -0.39 is 5.97 Å². The summed E-state index contributed by atoms with van der Waals surface area (Å²) < 4.78 is 10.4. The van der Waals surface area contributed by atoms with Crippen LogP contribution in [0.1, 0.15) is 12.7 Å². The normalized spacial score (nSPS) is 11.1. The van der Waals surface area contributed by atoms with Crippen LogP contribution in [-0.2, 0) is 9.53 Å². The number of nitrogens with zero attached hydrogens (tertiary/aromatic N) is 1. The summed E-state index contributed by atoms with van der Waals surface area (Å²) in [6, 6.07) is 10.2. The van der Waals surface area contributed by atoms with Gasteiger partial charge in [-0.3, -0.25) is 0 Å². The zero-order chi connectivity index (χ0) is 16.1. The lowest BCUT2D eigenvalue weighted by atomic mass is 10.2. The van der Waals surface area contributed by atoms with Crippen LogP contribution in [-0.4, -0.2) is 12.6 Å². The Balaban J connectivity index is 2.29. The Morgan fingerprint density at radius 1 is 1.32 bits per heavy atom. The number of ether oxygens (including phenoxy) is 1. The molecule has 1 heterocycles. The van der Waals surface area contributed by atoms with Crippen molar-refractivity contribution in [2.75, 3.05) is 6.61 Å². The van der Waals surface area contributed by atoms with Gasteiger partial charge in [-0.1, -0.05) is 23.2 Å². The van der Waals surface area contributed by atoms with Gasteiger partial charge in [0.2, 0.25) is 0 Å². The molecule has 0 radical (unpaired) electrons. The number of carbonyl (C=O) groups excluding carboxylic acids is 1. The van der Waals surface area contributed by atoms with Crippen LogP contribution >= 0.6 is 23.2 Å². The Labute approximate surface area is 137 Å². The second-order valence-electron chi connectivity index (χ2n) is 4.22. The molecule has 0 fully saturated rings. The summed E-state index contributed by atoms with van der Waals surface area (Å²) in [6.07, 6.45) is 1.33. The van der Waals surface area contributed by atoms with Crippen LogP contribution in [0.4, 0.5) is 0 Å². The summed E-state index contributed by atoms with van der Waals surface area (Å²) in [5, 5.41) is 9.85. The van der Waals surface area contributed by atoms with Gasteiger partial charge in [-0.25, -0.2) is 4.79 Å². The second kappa shape index (κ2) is 7.17. The fraction of sp³-hybridized carbons (Fsp3) is 0.125. The molecule has 22 heavy (non-hydrogen) atoms. The monoisotopic (exact) mass is 335 g/mol. The Hall–Kier alpha value is -2.22. The number of benzene rings is 1. The molecule has 1 aromatic heterocycles. The van der Waals surface area contributed by atoms with E-state index in [1.54, 1.807) is 43.3 Å². The van der Waals surface area contributed by atoms with Crippen molar-refractivity contribution in [3.63, 3.8) is 0 Å². The molecule has 0 unspecified atom stereocenters. The number of hydrogen-bond donors (Lipinski definition) is 0. The molecular weight excluding hydrogens is 325 g/mol. The fourth-order valence-electron chi connectivity index (χ4n) is 1.72. The standard InChI is InChI=1S/C16H11Cl2NO3/c1-2-21-16(20)11(9-19)7-12-4-6-15(22-12)10-3-5-13(17)14(18)8-10/h3-8H,2H2,1H3. The van der Waals surface area contributed by atoms with Crippen molar-refractivity contribution in [3.05, 3.63) is 51.7 Å². The number of halogens is 2. The van der Waals surface area contributed by atoms with Crippen molar-refractivity contribution >= 4 is 35.2 Å². The molecule has 112 valence electrons. The molecule has 1 aromatic carbocycles. The number of hydrogen-bond acceptors (Lipinski definition) is 4. The summed E-state index contributed by atoms with van der Waals surface area (Å²) in [7, 11) is 0. The predicted molar refractivity (Wildman–Crippen MR) is 84.4 cm³/mol. The summed E-state index contributed by atoms with van der Waals surface area (Å²) in [4.78, 5) is 11.6. The maximum atomic E-state index is 11.6. The van der Waals surface area contributed by atoms with Gasteiger partial charge in [0.1, 0.15) is 23.2 Å². The highest BCUT2D eigenvalue weighted by Crippen LogP contribution is 2.30. The topological polar surface area (TPSA) is 63.2 Å². The summed E-state index contributed by atoms with van der Waals surface area (Å²) in [6.45, 7) is 1.87. The minimum absolute atomic E-state index is 0.128. The summed E-state index contributed by atoms with van der Waals surface area (Å²) in [5.74, 6) is 0.231. The second-order valence-corrected chi connectivity index (χ2v) is 5.04. The lowest BCUT2D eigenvalue weighted by molar-refractivity contribution is -0.137. The van der Waals surface area contributed by atoms with Gasteiger partial charge in [0.25, 0.3) is 0 Å². The highest BCUT2D eigenvalue weighted by Gasteiger charge is 2.12. The molecule has 0 saturated carbocycles. The highest BCUT2D eigenvalue weighted by molar-refractivity contribution is 6.42. The van der Waals surface area contributed by atoms with E-state index in [0.29, 0.717) is 21.6 Å². The minimum Gasteiger partial charge on any atom is -0.462 e. The van der Waals surface area contributed by atoms with Crippen LogP contribution in [0, 0.1) is 11.3 Å². The molecule has 0 aliphatic carbocycles. The Morgan fingerprint density at radius 2 is 2.09 bits per heavy atom. The smallest absolute Gasteiger partial charge is 0.349 e. The average molecular weight is 336 g/mol. The molecule has 0 atom stereocenters. The quantitative estimate of drug-likeness (QED) is 0.460. The van der Waals surface area contributed by atoms with E-state index in [0.717, 1.165) is 5.56 Å². The van der Waals surface area contributed by atoms with Gasteiger partial charge in [-0.05, 0) is 37.3 Å². The number of esters is 1. The van der Waals surface area contributed by atoms with Crippen molar-refractivity contribution in [1.82, 2.24) is 0 Å². The van der Waals surface area contributed by atoms with Gasteiger partial charge in [0, 0.05) is 11.6 Å². The predicted octanol–water partition coefficient (Wildman–Crippen LogP) is 4.72. The number of nitriles is 1. The first kappa shape index (κ1) is 16.2. The first-order valence-electron chi connectivity index (χ1n) is 6.39. The minimum atomic E-state index is -0.683. The SMILES string of the molecule is CCOC(=O)C(C#N)=Cc1ccc(-c2ccc(Cl)c(Cl)c2)o1. The van der Waals surface area contributed by atoms with Gasteiger partial charge in [-0.2, -0.15) is 5.26 Å². The van der Waals surface area contributed by atoms with Crippen molar-refractivity contribution < 1.29 is 13.9 Å². The third kappa shape index (κ3) is 3.70. The number of furan rings is 1. The van der Waals surface area contributed by atoms with Crippen LogP contribution in [0.2, 0.25) is 10.0 Å². The Morgan fingerprint density at radius 3 is 2.73 bits per heavy atom. The van der Waals surface area contributed by atoms with Gasteiger partial charge >= 0.3 is 5.97 Å². The van der Waals surface area contributed by atoms with Gasteiger partial charge in [0.05, 0.1) is 16.7 Å². The molecule has 2 rings (SSSR count). The maximum Gasteiger partial charge on any atom is 0.349 e. The number of carbonyl (C=O) groups is 1. The molecule has 0 aliphatic heterocycles. The molecule has 4 nitrogen and oxygen atoms in total. The van der Waals surface area contributed by atoms with E-state index in [1.165, 1.54) is 6.08 Å².